The molecule has 0 aliphatic heterocycles. The van der Waals surface area contributed by atoms with Crippen molar-refractivity contribution in [2.75, 3.05) is 7.11 Å². The van der Waals surface area contributed by atoms with Gasteiger partial charge in [-0.05, 0) is 17.9 Å². The molecule has 5 nitrogen and oxygen atoms in total. The molecule has 0 amide bonds. The first-order chi connectivity index (χ1) is 9.59. The highest BCUT2D eigenvalue weighted by Gasteiger charge is 2.40. The summed E-state index contributed by atoms with van der Waals surface area (Å²) < 4.78 is 43.3. The fraction of sp³-hybridized carbons (Fsp3) is 0.462. The number of hydrogen-bond donors (Lipinski definition) is 1. The number of carboxylic acid groups (broad SMARTS) is 1. The molecule has 0 radical (unpaired) electrons. The zero-order valence-electron chi connectivity index (χ0n) is 11.6. The Morgan fingerprint density at radius 1 is 1.38 bits per heavy atom. The zero-order valence-corrected chi connectivity index (χ0v) is 11.6. The van der Waals surface area contributed by atoms with Gasteiger partial charge in [0.15, 0.2) is 5.69 Å². The van der Waals surface area contributed by atoms with E-state index in [4.69, 9.17) is 5.11 Å². The molecule has 0 spiro atoms. The molecule has 1 rings (SSSR count). The Labute approximate surface area is 118 Å². The minimum absolute atomic E-state index is 0.0162. The third kappa shape index (κ3) is 3.71. The van der Waals surface area contributed by atoms with E-state index in [1.165, 1.54) is 0 Å². The predicted octanol–water partition coefficient (Wildman–Crippen LogP) is 2.78. The van der Waals surface area contributed by atoms with Crippen LogP contribution in [0.2, 0.25) is 0 Å². The number of methoxy groups -OCH3 is 1. The van der Waals surface area contributed by atoms with Crippen LogP contribution in [-0.2, 0) is 17.3 Å². The molecule has 0 saturated carbocycles. The van der Waals surface area contributed by atoms with Gasteiger partial charge < -0.3 is 9.84 Å². The maximum absolute atomic E-state index is 13.0. The van der Waals surface area contributed by atoms with E-state index in [-0.39, 0.29) is 17.9 Å². The second-order valence-corrected chi connectivity index (χ2v) is 4.77. The third-order valence-corrected chi connectivity index (χ3v) is 2.69. The smallest absolute Gasteiger partial charge is 0.434 e. The number of esters is 1. The van der Waals surface area contributed by atoms with E-state index in [1.807, 2.05) is 0 Å². The highest BCUT2D eigenvalue weighted by molar-refractivity contribution is 5.98. The average Bonchev–Trinajstić information content (AvgIpc) is 2.35. The number of carboxylic acids is 1. The van der Waals surface area contributed by atoms with Crippen molar-refractivity contribution in [3.8, 4) is 0 Å². The fourth-order valence-corrected chi connectivity index (χ4v) is 1.89. The van der Waals surface area contributed by atoms with Crippen molar-refractivity contribution < 1.29 is 32.6 Å². The molecule has 0 saturated heterocycles. The maximum Gasteiger partial charge on any atom is 0.434 e. The van der Waals surface area contributed by atoms with E-state index in [2.05, 4.69) is 9.72 Å². The number of aromatic nitrogens is 1. The normalized spacial score (nSPS) is 11.6. The Bertz CT molecular complexity index is 567. The van der Waals surface area contributed by atoms with Gasteiger partial charge in [-0.1, -0.05) is 13.8 Å². The van der Waals surface area contributed by atoms with Crippen molar-refractivity contribution >= 4 is 11.9 Å². The van der Waals surface area contributed by atoms with E-state index >= 15 is 0 Å². The molecule has 116 valence electrons. The van der Waals surface area contributed by atoms with Gasteiger partial charge in [0.05, 0.1) is 18.2 Å². The lowest BCUT2D eigenvalue weighted by Crippen LogP contribution is -2.22. The standard InChI is InChI=1S/C13H14F3NO4/c1-6(2)4-7-8(11(18)19)5-17-10(13(14,15)16)9(7)12(20)21-3/h5-6H,4H2,1-3H3,(H,18,19). The first-order valence-electron chi connectivity index (χ1n) is 6.00. The van der Waals surface area contributed by atoms with Gasteiger partial charge in [0.1, 0.15) is 0 Å². The molecule has 0 aliphatic rings. The summed E-state index contributed by atoms with van der Waals surface area (Å²) in [5.74, 6) is -2.86. The lowest BCUT2D eigenvalue weighted by molar-refractivity contribution is -0.141. The lowest BCUT2D eigenvalue weighted by atomic mass is 9.93. The van der Waals surface area contributed by atoms with Crippen LogP contribution in [0, 0.1) is 5.92 Å². The van der Waals surface area contributed by atoms with Crippen molar-refractivity contribution in [3.05, 3.63) is 28.6 Å². The van der Waals surface area contributed by atoms with E-state index in [0.29, 0.717) is 6.20 Å². The van der Waals surface area contributed by atoms with Crippen LogP contribution in [0.25, 0.3) is 0 Å². The van der Waals surface area contributed by atoms with Crippen LogP contribution in [0.5, 0.6) is 0 Å². The maximum atomic E-state index is 13.0. The Morgan fingerprint density at radius 2 is 1.95 bits per heavy atom. The molecule has 0 atom stereocenters. The third-order valence-electron chi connectivity index (χ3n) is 2.69. The molecule has 0 aromatic carbocycles. The van der Waals surface area contributed by atoms with Crippen LogP contribution in [-0.4, -0.2) is 29.1 Å². The molecule has 0 fully saturated rings. The van der Waals surface area contributed by atoms with Gasteiger partial charge >= 0.3 is 18.1 Å². The molecular formula is C13H14F3NO4. The zero-order chi connectivity index (χ0) is 16.4. The summed E-state index contributed by atoms with van der Waals surface area (Å²) in [6.45, 7) is 3.39. The van der Waals surface area contributed by atoms with Crippen LogP contribution < -0.4 is 0 Å². The molecule has 1 aromatic heterocycles. The minimum atomic E-state index is -4.88. The number of rotatable bonds is 4. The summed E-state index contributed by atoms with van der Waals surface area (Å²) >= 11 is 0. The van der Waals surface area contributed by atoms with Gasteiger partial charge in [-0.3, -0.25) is 4.98 Å². The molecule has 8 heteroatoms. The number of carbonyl (C=O) groups excluding carboxylic acids is 1. The first kappa shape index (κ1) is 16.9. The molecule has 21 heavy (non-hydrogen) atoms. The van der Waals surface area contributed by atoms with Crippen molar-refractivity contribution in [3.63, 3.8) is 0 Å². The van der Waals surface area contributed by atoms with Gasteiger partial charge in [0.25, 0.3) is 0 Å². The van der Waals surface area contributed by atoms with Crippen molar-refractivity contribution in [2.45, 2.75) is 26.4 Å². The molecule has 0 bridgehead atoms. The number of nitrogens with zero attached hydrogens (tertiary/aromatic N) is 1. The number of pyridine rings is 1. The highest BCUT2D eigenvalue weighted by atomic mass is 19.4. The number of halogens is 3. The summed E-state index contributed by atoms with van der Waals surface area (Å²) in [4.78, 5) is 26.0. The Hall–Kier alpha value is -2.12. The van der Waals surface area contributed by atoms with Gasteiger partial charge in [0.2, 0.25) is 0 Å². The van der Waals surface area contributed by atoms with E-state index in [9.17, 15) is 22.8 Å². The van der Waals surface area contributed by atoms with E-state index in [1.54, 1.807) is 13.8 Å². The number of aromatic carboxylic acids is 1. The minimum Gasteiger partial charge on any atom is -0.478 e. The number of hydrogen-bond acceptors (Lipinski definition) is 4. The van der Waals surface area contributed by atoms with Crippen LogP contribution in [0.4, 0.5) is 13.2 Å². The highest BCUT2D eigenvalue weighted by Crippen LogP contribution is 2.34. The first-order valence-corrected chi connectivity index (χ1v) is 6.00. The lowest BCUT2D eigenvalue weighted by Gasteiger charge is -2.17. The monoisotopic (exact) mass is 305 g/mol. The molecule has 0 unspecified atom stereocenters. The van der Waals surface area contributed by atoms with E-state index < -0.39 is 34.9 Å². The van der Waals surface area contributed by atoms with Crippen LogP contribution in [0.1, 0.15) is 45.8 Å². The van der Waals surface area contributed by atoms with Crippen molar-refractivity contribution in [1.29, 1.82) is 0 Å². The van der Waals surface area contributed by atoms with Gasteiger partial charge in [-0.15, -0.1) is 0 Å². The summed E-state index contributed by atoms with van der Waals surface area (Å²) in [5, 5.41) is 9.08. The SMILES string of the molecule is COC(=O)c1c(C(F)(F)F)ncc(C(=O)O)c1CC(C)C. The second-order valence-electron chi connectivity index (χ2n) is 4.77. The summed E-state index contributed by atoms with van der Waals surface area (Å²) in [6.07, 6.45) is -4.28. The second kappa shape index (κ2) is 6.11. The number of ether oxygens (including phenoxy) is 1. The summed E-state index contributed by atoms with van der Waals surface area (Å²) in [7, 11) is 0.926. The summed E-state index contributed by atoms with van der Waals surface area (Å²) in [6, 6.07) is 0. The summed E-state index contributed by atoms with van der Waals surface area (Å²) in [5.41, 5.74) is -2.92. The average molecular weight is 305 g/mol. The Morgan fingerprint density at radius 3 is 2.33 bits per heavy atom. The molecule has 1 N–H and O–H groups in total. The van der Waals surface area contributed by atoms with Crippen molar-refractivity contribution in [1.82, 2.24) is 4.98 Å². The molecule has 0 aliphatic carbocycles. The number of alkyl halides is 3. The van der Waals surface area contributed by atoms with Gasteiger partial charge in [-0.25, -0.2) is 9.59 Å². The molecular weight excluding hydrogens is 291 g/mol. The van der Waals surface area contributed by atoms with Crippen LogP contribution in [0.15, 0.2) is 6.20 Å². The van der Waals surface area contributed by atoms with E-state index in [0.717, 1.165) is 7.11 Å². The topological polar surface area (TPSA) is 76.5 Å². The Balaban J connectivity index is 3.73. The largest absolute Gasteiger partial charge is 0.478 e. The Kier molecular flexibility index (Phi) is 4.93. The quantitative estimate of drug-likeness (QED) is 0.866. The molecule has 1 aromatic rings. The van der Waals surface area contributed by atoms with Crippen LogP contribution >= 0.6 is 0 Å². The predicted molar refractivity (Wildman–Crippen MR) is 66.1 cm³/mol. The van der Waals surface area contributed by atoms with Gasteiger partial charge in [-0.2, -0.15) is 13.2 Å². The van der Waals surface area contributed by atoms with Gasteiger partial charge in [0, 0.05) is 6.20 Å². The van der Waals surface area contributed by atoms with Crippen molar-refractivity contribution in [2.24, 2.45) is 5.92 Å². The fourth-order valence-electron chi connectivity index (χ4n) is 1.89. The molecule has 1 heterocycles. The number of carbonyl (C=O) groups is 2. The van der Waals surface area contributed by atoms with Crippen LogP contribution in [0.3, 0.4) is 0 Å².